The van der Waals surface area contributed by atoms with E-state index in [0.29, 0.717) is 5.02 Å². The van der Waals surface area contributed by atoms with Crippen molar-refractivity contribution in [1.82, 2.24) is 0 Å². The lowest BCUT2D eigenvalue weighted by molar-refractivity contribution is 0.456. The zero-order valence-corrected chi connectivity index (χ0v) is 18.1. The first kappa shape index (κ1) is 22.0. The van der Waals surface area contributed by atoms with Gasteiger partial charge in [0.15, 0.2) is 4.75 Å². The van der Waals surface area contributed by atoms with Crippen LogP contribution in [0.3, 0.4) is 0 Å². The third-order valence-electron chi connectivity index (χ3n) is 4.37. The van der Waals surface area contributed by atoms with Crippen molar-refractivity contribution in [3.05, 3.63) is 91.4 Å². The highest BCUT2D eigenvalue weighted by atomic mass is 35.5. The Bertz CT molecular complexity index is 1170. The zero-order valence-electron chi connectivity index (χ0n) is 14.3. The minimum Gasteiger partial charge on any atom is -0.508 e. The van der Waals surface area contributed by atoms with Crippen LogP contribution >= 0.6 is 46.4 Å². The Morgan fingerprint density at radius 3 is 1.72 bits per heavy atom. The number of aromatic hydroxyl groups is 2. The van der Waals surface area contributed by atoms with Crippen LogP contribution in [0.5, 0.6) is 11.5 Å². The van der Waals surface area contributed by atoms with Crippen LogP contribution < -0.4 is 0 Å². The predicted molar refractivity (Wildman–Crippen MR) is 114 cm³/mol. The Labute approximate surface area is 186 Å². The summed E-state index contributed by atoms with van der Waals surface area (Å²) in [6, 6.07) is 11.5. The summed E-state index contributed by atoms with van der Waals surface area (Å²) in [6.45, 7) is 0. The summed E-state index contributed by atoms with van der Waals surface area (Å²) in [7, 11) is -5.02. The third kappa shape index (κ3) is 3.77. The molecule has 29 heavy (non-hydrogen) atoms. The van der Waals surface area contributed by atoms with Gasteiger partial charge in [-0.2, -0.15) is 8.42 Å². The largest absolute Gasteiger partial charge is 0.508 e. The van der Waals surface area contributed by atoms with Crippen molar-refractivity contribution in [2.24, 2.45) is 0 Å². The van der Waals surface area contributed by atoms with Crippen molar-refractivity contribution < 1.29 is 23.2 Å². The molecule has 0 aliphatic heterocycles. The number of phenolic OH excluding ortho intramolecular Hbond substituents is 2. The number of halogens is 4. The van der Waals surface area contributed by atoms with Crippen LogP contribution in [0.1, 0.15) is 16.7 Å². The molecule has 0 aliphatic carbocycles. The molecule has 0 saturated heterocycles. The van der Waals surface area contributed by atoms with Crippen LogP contribution in [0, 0.1) is 0 Å². The highest BCUT2D eigenvalue weighted by Gasteiger charge is 2.51. The maximum absolute atomic E-state index is 13.0. The molecule has 152 valence electrons. The molecule has 0 amide bonds. The van der Waals surface area contributed by atoms with E-state index in [1.807, 2.05) is 0 Å². The van der Waals surface area contributed by atoms with Crippen molar-refractivity contribution in [1.29, 1.82) is 0 Å². The summed E-state index contributed by atoms with van der Waals surface area (Å²) in [5, 5.41) is 19.3. The standard InChI is InChI=1S/C19H12Cl4O5S/c20-12-4-1-10(2-5-12)19(29(26,27)28,11-3-6-17(25)14(21)7-11)18-15(22)8-13(24)9-16(18)23/h1-9,24-25H,(H,26,27,28). The zero-order chi connectivity index (χ0) is 21.6. The van der Waals surface area contributed by atoms with Crippen molar-refractivity contribution in [2.75, 3.05) is 0 Å². The molecule has 0 aliphatic rings. The highest BCUT2D eigenvalue weighted by molar-refractivity contribution is 7.87. The summed E-state index contributed by atoms with van der Waals surface area (Å²) in [5.74, 6) is -0.591. The molecule has 1 unspecified atom stereocenters. The van der Waals surface area contributed by atoms with Gasteiger partial charge < -0.3 is 10.2 Å². The maximum Gasteiger partial charge on any atom is 0.283 e. The quantitative estimate of drug-likeness (QED) is 0.311. The van der Waals surface area contributed by atoms with Crippen molar-refractivity contribution in [3.8, 4) is 11.5 Å². The Hall–Kier alpha value is -1.67. The van der Waals surface area contributed by atoms with Gasteiger partial charge in [0.25, 0.3) is 10.1 Å². The number of benzene rings is 3. The molecule has 5 nitrogen and oxygen atoms in total. The normalized spacial score (nSPS) is 13.8. The van der Waals surface area contributed by atoms with Crippen molar-refractivity contribution >= 4 is 56.5 Å². The van der Waals surface area contributed by atoms with Gasteiger partial charge in [0.2, 0.25) is 0 Å². The van der Waals surface area contributed by atoms with E-state index in [2.05, 4.69) is 0 Å². The minimum atomic E-state index is -5.02. The van der Waals surface area contributed by atoms with E-state index in [4.69, 9.17) is 46.4 Å². The maximum atomic E-state index is 13.0. The van der Waals surface area contributed by atoms with Gasteiger partial charge in [-0.25, -0.2) is 0 Å². The fourth-order valence-electron chi connectivity index (χ4n) is 3.19. The number of hydrogen-bond acceptors (Lipinski definition) is 4. The molecule has 3 aromatic rings. The van der Waals surface area contributed by atoms with Gasteiger partial charge in [0.05, 0.1) is 15.1 Å². The van der Waals surface area contributed by atoms with Crippen molar-refractivity contribution in [2.45, 2.75) is 4.75 Å². The molecule has 10 heteroatoms. The molecule has 3 aromatic carbocycles. The van der Waals surface area contributed by atoms with E-state index in [1.165, 1.54) is 42.5 Å². The Morgan fingerprint density at radius 2 is 1.24 bits per heavy atom. The van der Waals surface area contributed by atoms with Crippen LogP contribution in [-0.2, 0) is 14.9 Å². The van der Waals surface area contributed by atoms with Gasteiger partial charge in [-0.3, -0.25) is 4.55 Å². The van der Waals surface area contributed by atoms with E-state index >= 15 is 0 Å². The van der Waals surface area contributed by atoms with Crippen molar-refractivity contribution in [3.63, 3.8) is 0 Å². The number of rotatable bonds is 4. The molecule has 0 fully saturated rings. The average Bonchev–Trinajstić information content (AvgIpc) is 2.60. The first-order chi connectivity index (χ1) is 13.5. The molecule has 3 N–H and O–H groups in total. The predicted octanol–water partition coefficient (Wildman–Crippen LogP) is 5.89. The van der Waals surface area contributed by atoms with Gasteiger partial charge >= 0.3 is 0 Å². The molecule has 1 atom stereocenters. The van der Waals surface area contributed by atoms with E-state index in [-0.39, 0.29) is 43.3 Å². The fraction of sp³-hybridized carbons (Fsp3) is 0.0526. The summed E-state index contributed by atoms with van der Waals surface area (Å²) in [6.07, 6.45) is 0. The smallest absolute Gasteiger partial charge is 0.283 e. The summed E-state index contributed by atoms with van der Waals surface area (Å²) < 4.78 is 34.1. The van der Waals surface area contributed by atoms with Crippen LogP contribution in [-0.4, -0.2) is 23.2 Å². The number of hydrogen-bond donors (Lipinski definition) is 3. The molecule has 0 bridgehead atoms. The first-order valence-corrected chi connectivity index (χ1v) is 10.8. The van der Waals surface area contributed by atoms with E-state index in [9.17, 15) is 23.2 Å². The third-order valence-corrected chi connectivity index (χ3v) is 6.97. The van der Waals surface area contributed by atoms with Crippen LogP contribution in [0.2, 0.25) is 20.1 Å². The lowest BCUT2D eigenvalue weighted by atomic mass is 9.83. The van der Waals surface area contributed by atoms with E-state index in [1.54, 1.807) is 0 Å². The van der Waals surface area contributed by atoms with Crippen LogP contribution in [0.15, 0.2) is 54.6 Å². The molecule has 0 radical (unpaired) electrons. The van der Waals surface area contributed by atoms with Gasteiger partial charge in [-0.15, -0.1) is 0 Å². The molecule has 0 spiro atoms. The van der Waals surface area contributed by atoms with Gasteiger partial charge in [0, 0.05) is 10.6 Å². The summed E-state index contributed by atoms with van der Waals surface area (Å²) in [5.41, 5.74) is -0.189. The molecular formula is C19H12Cl4O5S. The van der Waals surface area contributed by atoms with Crippen LogP contribution in [0.25, 0.3) is 0 Å². The van der Waals surface area contributed by atoms with Gasteiger partial charge in [0.1, 0.15) is 11.5 Å². The molecule has 0 heterocycles. The highest BCUT2D eigenvalue weighted by Crippen LogP contribution is 2.50. The van der Waals surface area contributed by atoms with E-state index < -0.39 is 14.9 Å². The Morgan fingerprint density at radius 1 is 0.724 bits per heavy atom. The SMILES string of the molecule is O=S(=O)(O)C(c1ccc(Cl)cc1)(c1ccc(O)c(Cl)c1)c1c(Cl)cc(O)cc1Cl. The average molecular weight is 494 g/mol. The fourth-order valence-corrected chi connectivity index (χ4v) is 5.70. The number of phenols is 2. The molecule has 0 aromatic heterocycles. The lowest BCUT2D eigenvalue weighted by Crippen LogP contribution is -2.38. The van der Waals surface area contributed by atoms with E-state index in [0.717, 1.165) is 12.1 Å². The second-order valence-electron chi connectivity index (χ2n) is 6.11. The monoisotopic (exact) mass is 492 g/mol. The lowest BCUT2D eigenvalue weighted by Gasteiger charge is -2.34. The summed E-state index contributed by atoms with van der Waals surface area (Å²) in [4.78, 5) is 0. The Balaban J connectivity index is 2.58. The molecule has 3 rings (SSSR count). The second kappa shape index (κ2) is 7.87. The topological polar surface area (TPSA) is 94.8 Å². The van der Waals surface area contributed by atoms with Gasteiger partial charge in [-0.1, -0.05) is 64.6 Å². The van der Waals surface area contributed by atoms with Gasteiger partial charge in [-0.05, 0) is 47.5 Å². The first-order valence-electron chi connectivity index (χ1n) is 7.89. The Kier molecular flexibility index (Phi) is 5.98. The van der Waals surface area contributed by atoms with Crippen LogP contribution in [0.4, 0.5) is 0 Å². The molecule has 0 saturated carbocycles. The summed E-state index contributed by atoms with van der Waals surface area (Å²) >= 11 is 24.6. The second-order valence-corrected chi connectivity index (χ2v) is 9.33. The molecular weight excluding hydrogens is 482 g/mol. The minimum absolute atomic E-state index is 0.0420.